The number of fused-ring (bicyclic) bond motifs is 1. The zero-order valence-electron chi connectivity index (χ0n) is 11.6. The zero-order valence-corrected chi connectivity index (χ0v) is 13.2. The molecule has 0 aliphatic carbocycles. The number of halogens is 1. The molecule has 1 aromatic carbocycles. The third-order valence-corrected chi connectivity index (χ3v) is 4.39. The number of anilines is 2. The van der Waals surface area contributed by atoms with Gasteiger partial charge in [0.05, 0.1) is 5.39 Å². The Hall–Kier alpha value is -1.65. The molecule has 5 heteroatoms. The van der Waals surface area contributed by atoms with Gasteiger partial charge in [0.2, 0.25) is 0 Å². The van der Waals surface area contributed by atoms with Gasteiger partial charge in [0.1, 0.15) is 17.0 Å². The molecular weight excluding hydrogens is 290 g/mol. The Morgan fingerprint density at radius 2 is 1.70 bits per heavy atom. The summed E-state index contributed by atoms with van der Waals surface area (Å²) in [7, 11) is 0. The molecule has 2 heterocycles. The van der Waals surface area contributed by atoms with Gasteiger partial charge in [-0.1, -0.05) is 17.7 Å². The summed E-state index contributed by atoms with van der Waals surface area (Å²) in [5.41, 5.74) is 3.56. The van der Waals surface area contributed by atoms with E-state index in [9.17, 15) is 0 Å². The summed E-state index contributed by atoms with van der Waals surface area (Å²) in [6.07, 6.45) is 1.62. The maximum Gasteiger partial charge on any atom is 0.142 e. The predicted molar refractivity (Wildman–Crippen MR) is 88.6 cm³/mol. The monoisotopic (exact) mass is 305 g/mol. The molecule has 0 amide bonds. The van der Waals surface area contributed by atoms with Gasteiger partial charge in [-0.15, -0.1) is 23.7 Å². The second kappa shape index (κ2) is 5.77. The van der Waals surface area contributed by atoms with Crippen LogP contribution < -0.4 is 5.32 Å². The number of thiophene rings is 1. The minimum atomic E-state index is 0. The summed E-state index contributed by atoms with van der Waals surface area (Å²) in [6.45, 7) is 6.33. The first-order valence-electron chi connectivity index (χ1n) is 6.19. The lowest BCUT2D eigenvalue weighted by molar-refractivity contribution is 1.22. The van der Waals surface area contributed by atoms with Gasteiger partial charge >= 0.3 is 0 Å². The van der Waals surface area contributed by atoms with Crippen molar-refractivity contribution in [2.45, 2.75) is 20.8 Å². The standard InChI is InChI=1S/C15H15N3S.ClH/c1-9-4-6-12(7-5-9)18-14-13-10(2)11(3)19-15(13)17-8-16-14;/h4-8H,1-3H3,(H,16,17,18);1H. The Morgan fingerprint density at radius 1 is 1.00 bits per heavy atom. The summed E-state index contributed by atoms with van der Waals surface area (Å²) in [6, 6.07) is 8.31. The zero-order chi connectivity index (χ0) is 13.4. The fraction of sp³-hybridized carbons (Fsp3) is 0.200. The SMILES string of the molecule is Cc1ccc(Nc2ncnc3sc(C)c(C)c23)cc1.Cl. The number of aryl methyl sites for hydroxylation is 3. The number of rotatable bonds is 2. The molecule has 20 heavy (non-hydrogen) atoms. The van der Waals surface area contributed by atoms with Crippen molar-refractivity contribution < 1.29 is 0 Å². The van der Waals surface area contributed by atoms with Crippen LogP contribution in [0.3, 0.4) is 0 Å². The van der Waals surface area contributed by atoms with Crippen molar-refractivity contribution in [1.82, 2.24) is 9.97 Å². The summed E-state index contributed by atoms with van der Waals surface area (Å²) in [5.74, 6) is 0.885. The van der Waals surface area contributed by atoms with Gasteiger partial charge in [-0.25, -0.2) is 9.97 Å². The van der Waals surface area contributed by atoms with Crippen LogP contribution in [0.15, 0.2) is 30.6 Å². The Labute approximate surface area is 128 Å². The fourth-order valence-corrected chi connectivity index (χ4v) is 3.05. The van der Waals surface area contributed by atoms with Gasteiger partial charge < -0.3 is 5.32 Å². The van der Waals surface area contributed by atoms with Gasteiger partial charge in [0.15, 0.2) is 0 Å². The van der Waals surface area contributed by atoms with E-state index in [0.29, 0.717) is 0 Å². The van der Waals surface area contributed by atoms with Crippen LogP contribution in [0.1, 0.15) is 16.0 Å². The molecule has 2 aromatic heterocycles. The topological polar surface area (TPSA) is 37.8 Å². The maximum absolute atomic E-state index is 4.38. The molecule has 104 valence electrons. The maximum atomic E-state index is 4.38. The summed E-state index contributed by atoms with van der Waals surface area (Å²) < 4.78 is 0. The van der Waals surface area contributed by atoms with E-state index in [4.69, 9.17) is 0 Å². The smallest absolute Gasteiger partial charge is 0.142 e. The molecule has 3 nitrogen and oxygen atoms in total. The lowest BCUT2D eigenvalue weighted by atomic mass is 10.2. The van der Waals surface area contributed by atoms with Crippen molar-refractivity contribution in [1.29, 1.82) is 0 Å². The molecular formula is C15H16ClN3S. The van der Waals surface area contributed by atoms with Crippen LogP contribution in [0.4, 0.5) is 11.5 Å². The van der Waals surface area contributed by atoms with Gasteiger partial charge in [-0.2, -0.15) is 0 Å². The van der Waals surface area contributed by atoms with E-state index < -0.39 is 0 Å². The first-order valence-corrected chi connectivity index (χ1v) is 7.01. The van der Waals surface area contributed by atoms with Crippen LogP contribution in [0.25, 0.3) is 10.2 Å². The first kappa shape index (κ1) is 14.8. The van der Waals surface area contributed by atoms with E-state index in [1.54, 1.807) is 17.7 Å². The number of aromatic nitrogens is 2. The van der Waals surface area contributed by atoms with Crippen LogP contribution in [0.2, 0.25) is 0 Å². The van der Waals surface area contributed by atoms with E-state index >= 15 is 0 Å². The quantitative estimate of drug-likeness (QED) is 0.740. The Bertz CT molecular complexity index is 735. The summed E-state index contributed by atoms with van der Waals surface area (Å²) in [5, 5.41) is 4.51. The van der Waals surface area contributed by atoms with Crippen LogP contribution in [0, 0.1) is 20.8 Å². The minimum Gasteiger partial charge on any atom is -0.340 e. The predicted octanol–water partition coefficient (Wildman–Crippen LogP) is 4.78. The third-order valence-electron chi connectivity index (χ3n) is 3.28. The van der Waals surface area contributed by atoms with Gasteiger partial charge in [-0.05, 0) is 38.5 Å². The molecule has 0 fully saturated rings. The number of hydrogen-bond donors (Lipinski definition) is 1. The lowest BCUT2D eigenvalue weighted by Crippen LogP contribution is -1.95. The Kier molecular flexibility index (Phi) is 4.26. The number of benzene rings is 1. The second-order valence-corrected chi connectivity index (χ2v) is 5.88. The molecule has 0 saturated heterocycles. The van der Waals surface area contributed by atoms with Gasteiger partial charge in [0, 0.05) is 10.6 Å². The largest absolute Gasteiger partial charge is 0.340 e. The van der Waals surface area contributed by atoms with Crippen molar-refractivity contribution in [3.8, 4) is 0 Å². The van der Waals surface area contributed by atoms with Crippen molar-refractivity contribution in [3.05, 3.63) is 46.6 Å². The first-order chi connectivity index (χ1) is 9.15. The lowest BCUT2D eigenvalue weighted by Gasteiger charge is -2.07. The molecule has 1 N–H and O–H groups in total. The molecule has 3 rings (SSSR count). The highest BCUT2D eigenvalue weighted by atomic mass is 35.5. The van der Waals surface area contributed by atoms with E-state index in [2.05, 4.69) is 60.3 Å². The van der Waals surface area contributed by atoms with Crippen LogP contribution in [0.5, 0.6) is 0 Å². The van der Waals surface area contributed by atoms with Gasteiger partial charge in [-0.3, -0.25) is 0 Å². The van der Waals surface area contributed by atoms with E-state index in [-0.39, 0.29) is 12.4 Å². The summed E-state index contributed by atoms with van der Waals surface area (Å²) in [4.78, 5) is 11.1. The molecule has 0 saturated carbocycles. The molecule has 0 bridgehead atoms. The number of nitrogens with one attached hydrogen (secondary N) is 1. The highest BCUT2D eigenvalue weighted by Gasteiger charge is 2.11. The van der Waals surface area contributed by atoms with Crippen molar-refractivity contribution in [2.24, 2.45) is 0 Å². The second-order valence-electron chi connectivity index (χ2n) is 4.68. The van der Waals surface area contributed by atoms with Crippen molar-refractivity contribution >= 4 is 45.5 Å². The number of hydrogen-bond acceptors (Lipinski definition) is 4. The van der Waals surface area contributed by atoms with E-state index in [1.807, 2.05) is 0 Å². The van der Waals surface area contributed by atoms with Crippen molar-refractivity contribution in [3.63, 3.8) is 0 Å². The molecule has 0 unspecified atom stereocenters. The molecule has 0 spiro atoms. The molecule has 3 aromatic rings. The molecule has 0 atom stereocenters. The van der Waals surface area contributed by atoms with E-state index in [0.717, 1.165) is 21.7 Å². The van der Waals surface area contributed by atoms with Crippen LogP contribution >= 0.6 is 23.7 Å². The van der Waals surface area contributed by atoms with E-state index in [1.165, 1.54) is 16.0 Å². The Morgan fingerprint density at radius 3 is 2.40 bits per heavy atom. The normalized spacial score (nSPS) is 10.3. The van der Waals surface area contributed by atoms with Gasteiger partial charge in [0.25, 0.3) is 0 Å². The highest BCUT2D eigenvalue weighted by Crippen LogP contribution is 2.33. The molecule has 0 radical (unpaired) electrons. The number of nitrogens with zero attached hydrogens (tertiary/aromatic N) is 2. The highest BCUT2D eigenvalue weighted by molar-refractivity contribution is 7.18. The molecule has 0 aliphatic rings. The fourth-order valence-electron chi connectivity index (χ4n) is 2.05. The van der Waals surface area contributed by atoms with Crippen LogP contribution in [-0.4, -0.2) is 9.97 Å². The van der Waals surface area contributed by atoms with Crippen LogP contribution in [-0.2, 0) is 0 Å². The molecule has 0 aliphatic heterocycles. The minimum absolute atomic E-state index is 0. The summed E-state index contributed by atoms with van der Waals surface area (Å²) >= 11 is 1.71. The third kappa shape index (κ3) is 2.62. The van der Waals surface area contributed by atoms with Crippen molar-refractivity contribution in [2.75, 3.05) is 5.32 Å². The Balaban J connectivity index is 0.00000147. The average molecular weight is 306 g/mol. The average Bonchev–Trinajstić information content (AvgIpc) is 2.69.